The van der Waals surface area contributed by atoms with Gasteiger partial charge in [0.25, 0.3) is 0 Å². The van der Waals surface area contributed by atoms with Crippen LogP contribution in [0, 0.1) is 0 Å². The number of aromatic nitrogens is 2. The first-order valence-corrected chi connectivity index (χ1v) is 6.36. The molecule has 0 bridgehead atoms. The molecule has 7 heteroatoms. The largest absolute Gasteiger partial charge is 0.348 e. The minimum absolute atomic E-state index is 0.311. The Hall–Kier alpha value is -1.73. The van der Waals surface area contributed by atoms with Crippen molar-refractivity contribution in [1.82, 2.24) is 15.3 Å². The van der Waals surface area contributed by atoms with Gasteiger partial charge in [-0.1, -0.05) is 6.42 Å². The Bertz CT molecular complexity index is 379. The van der Waals surface area contributed by atoms with Crippen molar-refractivity contribution in [2.75, 3.05) is 6.54 Å². The normalized spacial score (nSPS) is 13.8. The number of rotatable bonds is 9. The topological polar surface area (TPSA) is 127 Å². The predicted molar refractivity (Wildman–Crippen MR) is 71.2 cm³/mol. The Balaban J connectivity index is 2.37. The molecule has 1 rings (SSSR count). The molecule has 0 aromatic carbocycles. The number of aldehydes is 1. The smallest absolute Gasteiger partial charge is 0.237 e. The van der Waals surface area contributed by atoms with Gasteiger partial charge in [-0.25, -0.2) is 4.98 Å². The highest BCUT2D eigenvalue weighted by atomic mass is 16.2. The average molecular weight is 267 g/mol. The summed E-state index contributed by atoms with van der Waals surface area (Å²) in [6.07, 6.45) is 6.43. The minimum Gasteiger partial charge on any atom is -0.348 e. The van der Waals surface area contributed by atoms with Crippen LogP contribution in [0.25, 0.3) is 0 Å². The maximum Gasteiger partial charge on any atom is 0.237 e. The van der Waals surface area contributed by atoms with Crippen LogP contribution in [0.2, 0.25) is 0 Å². The van der Waals surface area contributed by atoms with E-state index in [1.165, 1.54) is 6.33 Å². The van der Waals surface area contributed by atoms with Gasteiger partial charge in [0, 0.05) is 18.3 Å². The summed E-state index contributed by atoms with van der Waals surface area (Å²) < 4.78 is 0. The van der Waals surface area contributed by atoms with Gasteiger partial charge >= 0.3 is 0 Å². The Kier molecular flexibility index (Phi) is 6.76. The number of nitrogens with one attached hydrogen (secondary N) is 2. The van der Waals surface area contributed by atoms with E-state index < -0.39 is 12.1 Å². The SMILES string of the molecule is NCCCC[C@H](N)C(=O)N[C@H](C=O)Cc1cnc[nH]1. The van der Waals surface area contributed by atoms with E-state index in [1.807, 2.05) is 0 Å². The molecular weight excluding hydrogens is 246 g/mol. The highest BCUT2D eigenvalue weighted by molar-refractivity contribution is 5.84. The molecule has 1 aromatic heterocycles. The van der Waals surface area contributed by atoms with Crippen molar-refractivity contribution >= 4 is 12.2 Å². The van der Waals surface area contributed by atoms with Gasteiger partial charge in [-0.15, -0.1) is 0 Å². The second-order valence-corrected chi connectivity index (χ2v) is 4.42. The molecule has 0 aliphatic heterocycles. The average Bonchev–Trinajstić information content (AvgIpc) is 2.90. The van der Waals surface area contributed by atoms with E-state index in [2.05, 4.69) is 15.3 Å². The molecule has 19 heavy (non-hydrogen) atoms. The number of carbonyl (C=O) groups excluding carboxylic acids is 2. The zero-order valence-electron chi connectivity index (χ0n) is 10.8. The van der Waals surface area contributed by atoms with Gasteiger partial charge in [0.15, 0.2) is 0 Å². The maximum atomic E-state index is 11.8. The molecule has 106 valence electrons. The fourth-order valence-electron chi connectivity index (χ4n) is 1.70. The fourth-order valence-corrected chi connectivity index (χ4v) is 1.70. The van der Waals surface area contributed by atoms with E-state index >= 15 is 0 Å². The summed E-state index contributed by atoms with van der Waals surface area (Å²) in [5.41, 5.74) is 11.9. The van der Waals surface area contributed by atoms with Gasteiger partial charge in [0.1, 0.15) is 6.29 Å². The minimum atomic E-state index is -0.601. The molecule has 1 amide bonds. The lowest BCUT2D eigenvalue weighted by molar-refractivity contribution is -0.125. The number of hydrogen-bond acceptors (Lipinski definition) is 5. The molecule has 0 saturated carbocycles. The highest BCUT2D eigenvalue weighted by Gasteiger charge is 2.18. The van der Waals surface area contributed by atoms with Crippen molar-refractivity contribution in [2.24, 2.45) is 11.5 Å². The quantitative estimate of drug-likeness (QED) is 0.340. The lowest BCUT2D eigenvalue weighted by Crippen LogP contribution is -2.46. The van der Waals surface area contributed by atoms with E-state index in [4.69, 9.17) is 11.5 Å². The van der Waals surface area contributed by atoms with Gasteiger partial charge in [-0.3, -0.25) is 4.79 Å². The van der Waals surface area contributed by atoms with Gasteiger partial charge in [0.2, 0.25) is 5.91 Å². The summed E-state index contributed by atoms with van der Waals surface area (Å²) in [7, 11) is 0. The lowest BCUT2D eigenvalue weighted by atomic mass is 10.1. The fraction of sp³-hybridized carbons (Fsp3) is 0.583. The standard InChI is InChI=1S/C12H21N5O2/c13-4-2-1-3-11(14)12(19)17-10(7-18)5-9-6-15-8-16-9/h6-8,10-11H,1-5,13-14H2,(H,15,16)(H,17,19)/t10-,11-/m0/s1. The number of carbonyl (C=O) groups is 2. The predicted octanol–water partition coefficient (Wildman–Crippen LogP) is -0.908. The summed E-state index contributed by atoms with van der Waals surface area (Å²) in [5, 5.41) is 2.62. The van der Waals surface area contributed by atoms with Crippen LogP contribution in [0.3, 0.4) is 0 Å². The number of hydrogen-bond donors (Lipinski definition) is 4. The van der Waals surface area contributed by atoms with Crippen LogP contribution in [-0.4, -0.2) is 40.8 Å². The van der Waals surface area contributed by atoms with Crippen LogP contribution in [0.1, 0.15) is 25.0 Å². The first-order chi connectivity index (χ1) is 9.17. The van der Waals surface area contributed by atoms with Crippen LogP contribution >= 0.6 is 0 Å². The highest BCUT2D eigenvalue weighted by Crippen LogP contribution is 2.00. The second kappa shape index (κ2) is 8.39. The van der Waals surface area contributed by atoms with Crippen LogP contribution in [-0.2, 0) is 16.0 Å². The molecule has 1 heterocycles. The summed E-state index contributed by atoms with van der Waals surface area (Å²) in [6.45, 7) is 0.588. The number of amides is 1. The summed E-state index contributed by atoms with van der Waals surface area (Å²) in [5.74, 6) is -0.311. The summed E-state index contributed by atoms with van der Waals surface area (Å²) >= 11 is 0. The van der Waals surface area contributed by atoms with Gasteiger partial charge in [-0.05, 0) is 19.4 Å². The number of imidazole rings is 1. The van der Waals surface area contributed by atoms with Gasteiger partial charge in [0.05, 0.1) is 18.4 Å². The first kappa shape index (κ1) is 15.3. The van der Waals surface area contributed by atoms with Crippen LogP contribution < -0.4 is 16.8 Å². The molecule has 0 fully saturated rings. The van der Waals surface area contributed by atoms with Crippen LogP contribution in [0.15, 0.2) is 12.5 Å². The Morgan fingerprint density at radius 2 is 2.32 bits per heavy atom. The Labute approximate surface area is 112 Å². The maximum absolute atomic E-state index is 11.8. The van der Waals surface area contributed by atoms with E-state index in [-0.39, 0.29) is 5.91 Å². The van der Waals surface area contributed by atoms with Crippen molar-refractivity contribution in [1.29, 1.82) is 0 Å². The Morgan fingerprint density at radius 1 is 1.53 bits per heavy atom. The number of nitrogens with zero attached hydrogens (tertiary/aromatic N) is 1. The summed E-state index contributed by atoms with van der Waals surface area (Å²) in [4.78, 5) is 29.5. The third-order valence-corrected chi connectivity index (χ3v) is 2.79. The number of unbranched alkanes of at least 4 members (excludes halogenated alkanes) is 1. The second-order valence-electron chi connectivity index (χ2n) is 4.42. The third kappa shape index (κ3) is 5.62. The number of nitrogens with two attached hydrogens (primary N) is 2. The molecule has 2 atom stereocenters. The third-order valence-electron chi connectivity index (χ3n) is 2.79. The van der Waals surface area contributed by atoms with Crippen LogP contribution in [0.5, 0.6) is 0 Å². The molecule has 0 radical (unpaired) electrons. The van der Waals surface area contributed by atoms with Gasteiger partial charge in [-0.2, -0.15) is 0 Å². The van der Waals surface area contributed by atoms with Crippen molar-refractivity contribution in [2.45, 2.75) is 37.8 Å². The van der Waals surface area contributed by atoms with Crippen molar-refractivity contribution in [3.63, 3.8) is 0 Å². The summed E-state index contributed by atoms with van der Waals surface area (Å²) in [6, 6.07) is -1.19. The first-order valence-electron chi connectivity index (χ1n) is 6.36. The van der Waals surface area contributed by atoms with E-state index in [9.17, 15) is 9.59 Å². The molecule has 1 aromatic rings. The lowest BCUT2D eigenvalue weighted by Gasteiger charge is -2.16. The molecular formula is C12H21N5O2. The molecule has 0 unspecified atom stereocenters. The molecule has 6 N–H and O–H groups in total. The molecule has 7 nitrogen and oxygen atoms in total. The molecule has 0 aliphatic carbocycles. The van der Waals surface area contributed by atoms with Crippen LogP contribution in [0.4, 0.5) is 0 Å². The zero-order valence-corrected chi connectivity index (χ0v) is 10.8. The number of aromatic amines is 1. The van der Waals surface area contributed by atoms with Crippen molar-refractivity contribution in [3.05, 3.63) is 18.2 Å². The van der Waals surface area contributed by atoms with Crippen molar-refractivity contribution < 1.29 is 9.59 Å². The Morgan fingerprint density at radius 3 is 2.89 bits per heavy atom. The molecule has 0 aliphatic rings. The molecule has 0 saturated heterocycles. The van der Waals surface area contributed by atoms with Crippen molar-refractivity contribution in [3.8, 4) is 0 Å². The monoisotopic (exact) mass is 267 g/mol. The molecule has 0 spiro atoms. The van der Waals surface area contributed by atoms with E-state index in [0.29, 0.717) is 25.7 Å². The van der Waals surface area contributed by atoms with E-state index in [1.54, 1.807) is 6.20 Å². The zero-order chi connectivity index (χ0) is 14.1. The van der Waals surface area contributed by atoms with Gasteiger partial charge < -0.3 is 26.6 Å². The van der Waals surface area contributed by atoms with E-state index in [0.717, 1.165) is 18.5 Å². The number of H-pyrrole nitrogens is 1.